The molecule has 2 N–H and O–H groups in total. The van der Waals surface area contributed by atoms with Gasteiger partial charge < -0.3 is 14.8 Å². The van der Waals surface area contributed by atoms with Crippen molar-refractivity contribution in [1.29, 1.82) is 0 Å². The lowest BCUT2D eigenvalue weighted by atomic mass is 10.3. The van der Waals surface area contributed by atoms with E-state index in [1.54, 1.807) is 0 Å². The first-order valence-electron chi connectivity index (χ1n) is 4.57. The fraction of sp³-hybridized carbons (Fsp3) is 0.444. The third-order valence-electron chi connectivity index (χ3n) is 1.85. The summed E-state index contributed by atoms with van der Waals surface area (Å²) in [6, 6.07) is 1.40. The predicted octanol–water partition coefficient (Wildman–Crippen LogP) is 0.112. The smallest absolute Gasteiger partial charge is 0.338 e. The summed E-state index contributed by atoms with van der Waals surface area (Å²) in [5.41, 5.74) is 0.0833. The van der Waals surface area contributed by atoms with E-state index in [1.807, 2.05) is 0 Å². The zero-order valence-corrected chi connectivity index (χ0v) is 9.58. The number of carbonyl (C=O) groups is 1. The normalized spacial score (nSPS) is 11.6. The quantitative estimate of drug-likeness (QED) is 0.693. The lowest BCUT2D eigenvalue weighted by Crippen LogP contribution is -2.21. The number of sulfone groups is 1. The minimum absolute atomic E-state index is 0.0412. The molecule has 0 radical (unpaired) electrons. The molecule has 1 aromatic rings. The van der Waals surface area contributed by atoms with Crippen LogP contribution in [0.3, 0.4) is 0 Å². The first-order valence-corrected chi connectivity index (χ1v) is 6.64. The number of carboxylic acids is 1. The molecule has 1 aromatic heterocycles. The van der Waals surface area contributed by atoms with Gasteiger partial charge in [0.2, 0.25) is 0 Å². The van der Waals surface area contributed by atoms with Gasteiger partial charge in [-0.15, -0.1) is 0 Å². The van der Waals surface area contributed by atoms with Crippen LogP contribution in [-0.4, -0.2) is 38.0 Å². The van der Waals surface area contributed by atoms with Crippen molar-refractivity contribution < 1.29 is 22.7 Å². The minimum atomic E-state index is -2.97. The summed E-state index contributed by atoms with van der Waals surface area (Å²) in [4.78, 5) is 10.5. The summed E-state index contributed by atoms with van der Waals surface area (Å²) in [6.45, 7) is 0.616. The van der Waals surface area contributed by atoms with Crippen molar-refractivity contribution in [2.45, 2.75) is 6.54 Å². The number of hydrogen-bond acceptors (Lipinski definition) is 5. The molecule has 1 rings (SSSR count). The van der Waals surface area contributed by atoms with Crippen LogP contribution in [0.15, 0.2) is 16.7 Å². The van der Waals surface area contributed by atoms with Crippen molar-refractivity contribution in [3.05, 3.63) is 23.7 Å². The van der Waals surface area contributed by atoms with Gasteiger partial charge in [0.05, 0.1) is 17.9 Å². The maximum Gasteiger partial charge on any atom is 0.338 e. The second-order valence-corrected chi connectivity index (χ2v) is 5.67. The molecule has 0 aliphatic heterocycles. The molecule has 0 saturated carbocycles. The predicted molar refractivity (Wildman–Crippen MR) is 57.1 cm³/mol. The average Bonchev–Trinajstić information content (AvgIpc) is 2.59. The molecular weight excluding hydrogens is 234 g/mol. The largest absolute Gasteiger partial charge is 0.478 e. The van der Waals surface area contributed by atoms with Gasteiger partial charge in [-0.25, -0.2) is 13.2 Å². The van der Waals surface area contributed by atoms with E-state index < -0.39 is 15.8 Å². The van der Waals surface area contributed by atoms with Crippen LogP contribution in [0.5, 0.6) is 0 Å². The molecule has 7 heteroatoms. The van der Waals surface area contributed by atoms with E-state index in [-0.39, 0.29) is 11.3 Å². The van der Waals surface area contributed by atoms with Gasteiger partial charge in [-0.3, -0.25) is 0 Å². The van der Waals surface area contributed by atoms with Gasteiger partial charge in [-0.1, -0.05) is 0 Å². The van der Waals surface area contributed by atoms with E-state index in [0.717, 1.165) is 12.5 Å². The van der Waals surface area contributed by atoms with Gasteiger partial charge >= 0.3 is 5.97 Å². The number of aromatic carboxylic acids is 1. The summed E-state index contributed by atoms with van der Waals surface area (Å²) in [7, 11) is -2.97. The summed E-state index contributed by atoms with van der Waals surface area (Å²) < 4.78 is 26.6. The van der Waals surface area contributed by atoms with Crippen molar-refractivity contribution in [3.8, 4) is 0 Å². The van der Waals surface area contributed by atoms with Crippen molar-refractivity contribution in [2.75, 3.05) is 18.6 Å². The summed E-state index contributed by atoms with van der Waals surface area (Å²) in [6.07, 6.45) is 2.31. The number of furan rings is 1. The van der Waals surface area contributed by atoms with Crippen molar-refractivity contribution in [3.63, 3.8) is 0 Å². The van der Waals surface area contributed by atoms with Crippen LogP contribution in [0.25, 0.3) is 0 Å². The molecule has 0 saturated heterocycles. The van der Waals surface area contributed by atoms with E-state index in [2.05, 4.69) is 5.32 Å². The molecule has 1 heterocycles. The van der Waals surface area contributed by atoms with E-state index in [1.165, 1.54) is 6.07 Å². The maximum absolute atomic E-state index is 10.8. The Labute approximate surface area is 93.2 Å². The van der Waals surface area contributed by atoms with Gasteiger partial charge in [-0.05, 0) is 6.07 Å². The van der Waals surface area contributed by atoms with Crippen molar-refractivity contribution >= 4 is 15.8 Å². The Morgan fingerprint density at radius 3 is 2.75 bits per heavy atom. The third kappa shape index (κ3) is 4.45. The Morgan fingerprint density at radius 2 is 2.25 bits per heavy atom. The number of carboxylic acid groups (broad SMARTS) is 1. The highest BCUT2D eigenvalue weighted by atomic mass is 32.2. The maximum atomic E-state index is 10.8. The highest BCUT2D eigenvalue weighted by Crippen LogP contribution is 2.07. The second-order valence-electron chi connectivity index (χ2n) is 3.41. The third-order valence-corrected chi connectivity index (χ3v) is 2.80. The Bertz CT molecular complexity index is 462. The molecule has 0 aliphatic rings. The Kier molecular flexibility index (Phi) is 4.08. The van der Waals surface area contributed by atoms with Gasteiger partial charge in [0, 0.05) is 12.8 Å². The van der Waals surface area contributed by atoms with Crippen LogP contribution in [-0.2, 0) is 16.4 Å². The lowest BCUT2D eigenvalue weighted by Gasteiger charge is -2.00. The highest BCUT2D eigenvalue weighted by Gasteiger charge is 2.08. The number of hydrogen-bond donors (Lipinski definition) is 2. The lowest BCUT2D eigenvalue weighted by molar-refractivity contribution is 0.0696. The van der Waals surface area contributed by atoms with E-state index >= 15 is 0 Å². The Hall–Kier alpha value is -1.34. The van der Waals surface area contributed by atoms with Gasteiger partial charge in [0.15, 0.2) is 0 Å². The molecular formula is C9H13NO5S. The van der Waals surface area contributed by atoms with Crippen LogP contribution in [0.2, 0.25) is 0 Å². The van der Waals surface area contributed by atoms with E-state index in [4.69, 9.17) is 9.52 Å². The van der Waals surface area contributed by atoms with E-state index in [9.17, 15) is 13.2 Å². The molecule has 0 aromatic carbocycles. The highest BCUT2D eigenvalue weighted by molar-refractivity contribution is 7.90. The molecule has 90 valence electrons. The molecule has 16 heavy (non-hydrogen) atoms. The molecule has 0 spiro atoms. The van der Waals surface area contributed by atoms with Gasteiger partial charge in [0.1, 0.15) is 21.9 Å². The van der Waals surface area contributed by atoms with Crippen LogP contribution in [0.1, 0.15) is 16.1 Å². The zero-order valence-electron chi connectivity index (χ0n) is 8.76. The number of nitrogens with one attached hydrogen (secondary N) is 1. The minimum Gasteiger partial charge on any atom is -0.478 e. The average molecular weight is 247 g/mol. The number of rotatable bonds is 6. The molecule has 0 atom stereocenters. The molecule has 0 bridgehead atoms. The second kappa shape index (κ2) is 5.13. The monoisotopic (exact) mass is 247 g/mol. The zero-order chi connectivity index (χ0) is 12.2. The first-order chi connectivity index (χ1) is 7.38. The fourth-order valence-corrected chi connectivity index (χ4v) is 1.57. The SMILES string of the molecule is CS(=O)(=O)CCNCc1cc(C(=O)O)co1. The Morgan fingerprint density at radius 1 is 1.56 bits per heavy atom. The topological polar surface area (TPSA) is 96.6 Å². The van der Waals surface area contributed by atoms with Gasteiger partial charge in [0.25, 0.3) is 0 Å². The fourth-order valence-electron chi connectivity index (χ4n) is 1.05. The van der Waals surface area contributed by atoms with Crippen molar-refractivity contribution in [1.82, 2.24) is 5.32 Å². The van der Waals surface area contributed by atoms with Crippen LogP contribution < -0.4 is 5.32 Å². The molecule has 0 unspecified atom stereocenters. The van der Waals surface area contributed by atoms with Crippen molar-refractivity contribution in [2.24, 2.45) is 0 Å². The standard InChI is InChI=1S/C9H13NO5S/c1-16(13,14)3-2-10-5-8-4-7(6-15-8)9(11)12/h4,6,10H,2-3,5H2,1H3,(H,11,12). The molecule has 0 fully saturated rings. The Balaban J connectivity index is 2.35. The van der Waals surface area contributed by atoms with E-state index in [0.29, 0.717) is 18.8 Å². The summed E-state index contributed by atoms with van der Waals surface area (Å²) >= 11 is 0. The van der Waals surface area contributed by atoms with Crippen LogP contribution in [0.4, 0.5) is 0 Å². The van der Waals surface area contributed by atoms with Crippen LogP contribution >= 0.6 is 0 Å². The summed E-state index contributed by atoms with van der Waals surface area (Å²) in [5, 5.41) is 11.5. The van der Waals surface area contributed by atoms with Gasteiger partial charge in [-0.2, -0.15) is 0 Å². The first kappa shape index (κ1) is 12.7. The summed E-state index contributed by atoms with van der Waals surface area (Å²) in [5.74, 6) is -0.545. The molecule has 6 nitrogen and oxygen atoms in total. The molecule has 0 amide bonds. The molecule has 0 aliphatic carbocycles. The van der Waals surface area contributed by atoms with Crippen LogP contribution in [0, 0.1) is 0 Å².